The molecule has 2 aromatic rings. The quantitative estimate of drug-likeness (QED) is 0.714. The van der Waals surface area contributed by atoms with Crippen LogP contribution in [-0.4, -0.2) is 33.9 Å². The van der Waals surface area contributed by atoms with Crippen molar-refractivity contribution in [2.75, 3.05) is 18.9 Å². The van der Waals surface area contributed by atoms with Gasteiger partial charge in [0.15, 0.2) is 0 Å². The molecular formula is C12H18N4O2S. The first-order valence-corrected chi connectivity index (χ1v) is 6.98. The number of carbonyl (C=O) groups is 1. The summed E-state index contributed by atoms with van der Waals surface area (Å²) in [6, 6.07) is 0. The molecule has 0 saturated heterocycles. The summed E-state index contributed by atoms with van der Waals surface area (Å²) in [5.74, 6) is -0.156. The van der Waals surface area contributed by atoms with Crippen LogP contribution in [0.2, 0.25) is 0 Å². The van der Waals surface area contributed by atoms with Crippen LogP contribution < -0.4 is 11.1 Å². The largest absolute Gasteiger partial charge is 0.397 e. The summed E-state index contributed by atoms with van der Waals surface area (Å²) in [7, 11) is 1.84. The highest BCUT2D eigenvalue weighted by Gasteiger charge is 2.20. The maximum Gasteiger partial charge on any atom is 0.263 e. The van der Waals surface area contributed by atoms with E-state index < -0.39 is 0 Å². The van der Waals surface area contributed by atoms with Gasteiger partial charge in [-0.1, -0.05) is 0 Å². The zero-order chi connectivity index (χ0) is 14.0. The Balaban J connectivity index is 2.18. The molecule has 104 valence electrons. The fourth-order valence-electron chi connectivity index (χ4n) is 2.02. The van der Waals surface area contributed by atoms with Crippen LogP contribution in [-0.2, 0) is 7.05 Å². The lowest BCUT2D eigenvalue weighted by molar-refractivity contribution is 0.0957. The molecule has 2 aromatic heterocycles. The highest BCUT2D eigenvalue weighted by Crippen LogP contribution is 2.35. The third-order valence-electron chi connectivity index (χ3n) is 2.96. The van der Waals surface area contributed by atoms with Crippen LogP contribution in [0.1, 0.15) is 28.2 Å². The van der Waals surface area contributed by atoms with Crippen LogP contribution in [0, 0.1) is 6.92 Å². The maximum absolute atomic E-state index is 12.0. The van der Waals surface area contributed by atoms with Gasteiger partial charge >= 0.3 is 0 Å². The number of anilines is 1. The number of aryl methyl sites for hydroxylation is 2. The lowest BCUT2D eigenvalue weighted by Crippen LogP contribution is -2.24. The van der Waals surface area contributed by atoms with Gasteiger partial charge in [-0.3, -0.25) is 9.48 Å². The van der Waals surface area contributed by atoms with Crippen molar-refractivity contribution in [3.05, 3.63) is 10.6 Å². The van der Waals surface area contributed by atoms with Crippen LogP contribution >= 0.6 is 11.3 Å². The van der Waals surface area contributed by atoms with Gasteiger partial charge in [-0.2, -0.15) is 5.10 Å². The average molecular weight is 282 g/mol. The molecule has 19 heavy (non-hydrogen) atoms. The van der Waals surface area contributed by atoms with Crippen molar-refractivity contribution in [1.29, 1.82) is 0 Å². The van der Waals surface area contributed by atoms with Crippen molar-refractivity contribution in [1.82, 2.24) is 15.1 Å². The predicted octanol–water partition coefficient (Wildman–Crippen LogP) is 1.03. The highest BCUT2D eigenvalue weighted by molar-refractivity contribution is 7.21. The smallest absolute Gasteiger partial charge is 0.263 e. The minimum atomic E-state index is -0.156. The Morgan fingerprint density at radius 3 is 2.89 bits per heavy atom. The molecule has 0 radical (unpaired) electrons. The Morgan fingerprint density at radius 2 is 2.26 bits per heavy atom. The monoisotopic (exact) mass is 282 g/mol. The van der Waals surface area contributed by atoms with Gasteiger partial charge in [-0.15, -0.1) is 11.3 Å². The first-order chi connectivity index (χ1) is 9.06. The highest BCUT2D eigenvalue weighted by atomic mass is 32.1. The van der Waals surface area contributed by atoms with Crippen molar-refractivity contribution in [3.8, 4) is 0 Å². The summed E-state index contributed by atoms with van der Waals surface area (Å²) >= 11 is 1.36. The van der Waals surface area contributed by atoms with Crippen molar-refractivity contribution in [2.24, 2.45) is 7.05 Å². The first-order valence-electron chi connectivity index (χ1n) is 6.17. The number of aromatic nitrogens is 2. The third-order valence-corrected chi connectivity index (χ3v) is 4.23. The number of nitrogens with zero attached hydrogens (tertiary/aromatic N) is 2. The molecule has 4 N–H and O–H groups in total. The SMILES string of the molecule is Cc1nn(C)c2sc(C(=O)NCCCCO)c(N)c12. The number of hydrogen-bond donors (Lipinski definition) is 3. The topological polar surface area (TPSA) is 93.2 Å². The van der Waals surface area contributed by atoms with E-state index in [9.17, 15) is 4.79 Å². The number of hydrogen-bond acceptors (Lipinski definition) is 5. The average Bonchev–Trinajstić information content (AvgIpc) is 2.85. The third kappa shape index (κ3) is 2.57. The number of aliphatic hydroxyl groups is 1. The number of unbranched alkanes of at least 4 members (excludes halogenated alkanes) is 1. The number of nitrogens with two attached hydrogens (primary N) is 1. The molecule has 7 heteroatoms. The van der Waals surface area contributed by atoms with E-state index in [2.05, 4.69) is 10.4 Å². The number of nitrogens with one attached hydrogen (secondary N) is 1. The Labute approximate surface area is 115 Å². The van der Waals surface area contributed by atoms with Crippen molar-refractivity contribution in [3.63, 3.8) is 0 Å². The van der Waals surface area contributed by atoms with Gasteiger partial charge in [0.05, 0.1) is 16.8 Å². The van der Waals surface area contributed by atoms with E-state index in [-0.39, 0.29) is 12.5 Å². The number of carbonyl (C=O) groups excluding carboxylic acids is 1. The molecule has 0 saturated carbocycles. The zero-order valence-corrected chi connectivity index (χ0v) is 11.9. The van der Waals surface area contributed by atoms with Crippen LogP contribution in [0.3, 0.4) is 0 Å². The molecule has 0 spiro atoms. The van der Waals surface area contributed by atoms with Gasteiger partial charge < -0.3 is 16.2 Å². The number of aliphatic hydroxyl groups excluding tert-OH is 1. The molecule has 1 amide bonds. The molecule has 0 aliphatic heterocycles. The van der Waals surface area contributed by atoms with Gasteiger partial charge in [0.1, 0.15) is 9.71 Å². The zero-order valence-electron chi connectivity index (χ0n) is 11.1. The minimum Gasteiger partial charge on any atom is -0.397 e. The molecular weight excluding hydrogens is 264 g/mol. The molecule has 0 bridgehead atoms. The van der Waals surface area contributed by atoms with Gasteiger partial charge in [0.25, 0.3) is 5.91 Å². The van der Waals surface area contributed by atoms with E-state index in [0.29, 0.717) is 23.5 Å². The molecule has 0 unspecified atom stereocenters. The Kier molecular flexibility index (Phi) is 4.06. The normalized spacial score (nSPS) is 11.1. The summed E-state index contributed by atoms with van der Waals surface area (Å²) in [5.41, 5.74) is 7.38. The van der Waals surface area contributed by atoms with E-state index in [0.717, 1.165) is 22.3 Å². The standard InChI is InChI=1S/C12H18N4O2S/c1-7-8-9(13)10(19-12(8)16(2)15-7)11(18)14-5-3-4-6-17/h17H,3-6,13H2,1-2H3,(H,14,18). The lowest BCUT2D eigenvalue weighted by atomic mass is 10.2. The lowest BCUT2D eigenvalue weighted by Gasteiger charge is -2.03. The van der Waals surface area contributed by atoms with Crippen LogP contribution in [0.15, 0.2) is 0 Å². The van der Waals surface area contributed by atoms with Crippen molar-refractivity contribution in [2.45, 2.75) is 19.8 Å². The predicted molar refractivity (Wildman–Crippen MR) is 76.4 cm³/mol. The second kappa shape index (κ2) is 5.58. The van der Waals surface area contributed by atoms with E-state index in [1.165, 1.54) is 11.3 Å². The van der Waals surface area contributed by atoms with Crippen LogP contribution in [0.4, 0.5) is 5.69 Å². The maximum atomic E-state index is 12.0. The molecule has 0 fully saturated rings. The van der Waals surface area contributed by atoms with Gasteiger partial charge in [-0.05, 0) is 19.8 Å². The molecule has 2 rings (SSSR count). The second-order valence-corrected chi connectivity index (χ2v) is 5.42. The number of fused-ring (bicyclic) bond motifs is 1. The van der Waals surface area contributed by atoms with Gasteiger partial charge in [0.2, 0.25) is 0 Å². The Morgan fingerprint density at radius 1 is 1.53 bits per heavy atom. The molecule has 0 aromatic carbocycles. The molecule has 0 aliphatic carbocycles. The van der Waals surface area contributed by atoms with Crippen molar-refractivity contribution < 1.29 is 9.90 Å². The van der Waals surface area contributed by atoms with E-state index >= 15 is 0 Å². The second-order valence-electron chi connectivity index (χ2n) is 4.42. The number of nitrogen functional groups attached to an aromatic ring is 1. The van der Waals surface area contributed by atoms with Gasteiger partial charge in [-0.25, -0.2) is 0 Å². The number of amides is 1. The molecule has 0 aliphatic rings. The van der Waals surface area contributed by atoms with Crippen LogP contribution in [0.5, 0.6) is 0 Å². The van der Waals surface area contributed by atoms with Gasteiger partial charge in [0, 0.05) is 20.2 Å². The summed E-state index contributed by atoms with van der Waals surface area (Å²) in [6.07, 6.45) is 1.44. The number of thiophene rings is 1. The van der Waals surface area contributed by atoms with Crippen molar-refractivity contribution >= 4 is 33.1 Å². The Bertz CT molecular complexity index is 602. The minimum absolute atomic E-state index is 0.145. The van der Waals surface area contributed by atoms with Crippen LogP contribution in [0.25, 0.3) is 10.2 Å². The fraction of sp³-hybridized carbons (Fsp3) is 0.500. The van der Waals surface area contributed by atoms with E-state index in [1.54, 1.807) is 4.68 Å². The summed E-state index contributed by atoms with van der Waals surface area (Å²) in [5, 5.41) is 16.6. The summed E-state index contributed by atoms with van der Waals surface area (Å²) in [4.78, 5) is 13.5. The molecule has 6 nitrogen and oxygen atoms in total. The van der Waals surface area contributed by atoms with E-state index in [4.69, 9.17) is 10.8 Å². The molecule has 0 atom stereocenters. The first kappa shape index (κ1) is 13.8. The fourth-order valence-corrected chi connectivity index (χ4v) is 3.12. The summed E-state index contributed by atoms with van der Waals surface area (Å²) in [6.45, 7) is 2.57. The number of rotatable bonds is 5. The van der Waals surface area contributed by atoms with E-state index in [1.807, 2.05) is 14.0 Å². The molecule has 2 heterocycles. The summed E-state index contributed by atoms with van der Waals surface area (Å²) < 4.78 is 1.74. The Hall–Kier alpha value is -1.60.